The molecule has 0 radical (unpaired) electrons. The SMILES string of the molecule is CC(C)NC(=O)C1CNc2ncc(Oc3cccc4ccccc34)nc21. The van der Waals surface area contributed by atoms with Gasteiger partial charge in [-0.15, -0.1) is 0 Å². The second-order valence-electron chi connectivity index (χ2n) is 6.62. The van der Waals surface area contributed by atoms with E-state index in [1.807, 2.05) is 56.3 Å². The van der Waals surface area contributed by atoms with Crippen LogP contribution in [0.25, 0.3) is 10.8 Å². The molecule has 2 N–H and O–H groups in total. The van der Waals surface area contributed by atoms with Crippen LogP contribution in [0.5, 0.6) is 11.6 Å². The Balaban J connectivity index is 1.64. The Morgan fingerprint density at radius 2 is 2.04 bits per heavy atom. The summed E-state index contributed by atoms with van der Waals surface area (Å²) >= 11 is 0. The number of fused-ring (bicyclic) bond motifs is 2. The molecule has 3 aromatic rings. The van der Waals surface area contributed by atoms with Crippen molar-refractivity contribution in [2.75, 3.05) is 11.9 Å². The van der Waals surface area contributed by atoms with Gasteiger partial charge in [0.2, 0.25) is 11.8 Å². The molecule has 26 heavy (non-hydrogen) atoms. The second-order valence-corrected chi connectivity index (χ2v) is 6.62. The molecule has 1 aliphatic heterocycles. The smallest absolute Gasteiger partial charge is 0.238 e. The number of carbonyl (C=O) groups is 1. The van der Waals surface area contributed by atoms with E-state index >= 15 is 0 Å². The van der Waals surface area contributed by atoms with E-state index in [0.717, 1.165) is 10.8 Å². The van der Waals surface area contributed by atoms with E-state index in [9.17, 15) is 4.79 Å². The summed E-state index contributed by atoms with van der Waals surface area (Å²) in [7, 11) is 0. The maximum Gasteiger partial charge on any atom is 0.238 e. The zero-order chi connectivity index (χ0) is 18.1. The lowest BCUT2D eigenvalue weighted by atomic mass is 10.1. The third kappa shape index (κ3) is 3.06. The number of rotatable bonds is 4. The van der Waals surface area contributed by atoms with Gasteiger partial charge < -0.3 is 15.4 Å². The fourth-order valence-electron chi connectivity index (χ4n) is 3.11. The highest BCUT2D eigenvalue weighted by molar-refractivity contribution is 5.88. The van der Waals surface area contributed by atoms with Gasteiger partial charge in [0.05, 0.1) is 6.20 Å². The van der Waals surface area contributed by atoms with Gasteiger partial charge >= 0.3 is 0 Å². The summed E-state index contributed by atoms with van der Waals surface area (Å²) < 4.78 is 5.99. The number of amides is 1. The molecule has 132 valence electrons. The van der Waals surface area contributed by atoms with Crippen molar-refractivity contribution in [3.8, 4) is 11.6 Å². The zero-order valence-corrected chi connectivity index (χ0v) is 14.7. The molecule has 0 saturated heterocycles. The Bertz CT molecular complexity index is 966. The first-order valence-electron chi connectivity index (χ1n) is 8.68. The maximum absolute atomic E-state index is 12.4. The van der Waals surface area contributed by atoms with E-state index in [1.165, 1.54) is 0 Å². The fourth-order valence-corrected chi connectivity index (χ4v) is 3.11. The minimum Gasteiger partial charge on any atom is -0.437 e. The lowest BCUT2D eigenvalue weighted by molar-refractivity contribution is -0.122. The highest BCUT2D eigenvalue weighted by Gasteiger charge is 2.32. The van der Waals surface area contributed by atoms with E-state index in [0.29, 0.717) is 29.7 Å². The lowest BCUT2D eigenvalue weighted by Gasteiger charge is -2.13. The van der Waals surface area contributed by atoms with Crippen LogP contribution in [0.2, 0.25) is 0 Å². The first-order valence-corrected chi connectivity index (χ1v) is 8.68. The molecule has 1 atom stereocenters. The van der Waals surface area contributed by atoms with E-state index < -0.39 is 0 Å². The van der Waals surface area contributed by atoms with E-state index in [-0.39, 0.29) is 17.9 Å². The van der Waals surface area contributed by atoms with Crippen LogP contribution in [-0.4, -0.2) is 28.5 Å². The van der Waals surface area contributed by atoms with Crippen LogP contribution >= 0.6 is 0 Å². The second kappa shape index (κ2) is 6.63. The summed E-state index contributed by atoms with van der Waals surface area (Å²) in [5.74, 6) is 1.32. The highest BCUT2D eigenvalue weighted by atomic mass is 16.5. The molecule has 1 amide bonds. The van der Waals surface area contributed by atoms with E-state index in [1.54, 1.807) is 6.20 Å². The highest BCUT2D eigenvalue weighted by Crippen LogP contribution is 2.33. The summed E-state index contributed by atoms with van der Waals surface area (Å²) in [5.41, 5.74) is 0.626. The Kier molecular flexibility index (Phi) is 4.16. The minimum absolute atomic E-state index is 0.0529. The zero-order valence-electron chi connectivity index (χ0n) is 14.7. The van der Waals surface area contributed by atoms with Crippen LogP contribution in [-0.2, 0) is 4.79 Å². The topological polar surface area (TPSA) is 76.1 Å². The van der Waals surface area contributed by atoms with Crippen LogP contribution in [0.4, 0.5) is 5.82 Å². The monoisotopic (exact) mass is 348 g/mol. The average molecular weight is 348 g/mol. The predicted molar refractivity (Wildman–Crippen MR) is 101 cm³/mol. The first-order chi connectivity index (χ1) is 12.6. The maximum atomic E-state index is 12.4. The van der Waals surface area contributed by atoms with Crippen LogP contribution < -0.4 is 15.4 Å². The first kappa shape index (κ1) is 16.3. The van der Waals surface area contributed by atoms with Gasteiger partial charge in [-0.05, 0) is 25.3 Å². The molecule has 1 unspecified atom stereocenters. The van der Waals surface area contributed by atoms with Crippen LogP contribution in [0.3, 0.4) is 0 Å². The van der Waals surface area contributed by atoms with Crippen molar-refractivity contribution in [1.82, 2.24) is 15.3 Å². The minimum atomic E-state index is -0.365. The number of hydrogen-bond donors (Lipinski definition) is 2. The molecule has 0 saturated carbocycles. The van der Waals surface area contributed by atoms with Gasteiger partial charge in [0.1, 0.15) is 23.2 Å². The number of nitrogens with zero attached hydrogens (tertiary/aromatic N) is 2. The van der Waals surface area contributed by atoms with Crippen molar-refractivity contribution in [2.45, 2.75) is 25.8 Å². The molecule has 0 bridgehead atoms. The molecule has 6 nitrogen and oxygen atoms in total. The normalized spacial score (nSPS) is 15.6. The lowest BCUT2D eigenvalue weighted by Crippen LogP contribution is -2.35. The van der Waals surface area contributed by atoms with Gasteiger partial charge in [0, 0.05) is 18.0 Å². The summed E-state index contributed by atoms with van der Waals surface area (Å²) in [4.78, 5) is 21.3. The van der Waals surface area contributed by atoms with Crippen molar-refractivity contribution >= 4 is 22.5 Å². The van der Waals surface area contributed by atoms with Gasteiger partial charge in [-0.2, -0.15) is 0 Å². The Labute approximate surface area is 151 Å². The van der Waals surface area contributed by atoms with Crippen LogP contribution in [0.15, 0.2) is 48.7 Å². The molecule has 0 fully saturated rings. The van der Waals surface area contributed by atoms with Gasteiger partial charge in [-0.3, -0.25) is 4.79 Å². The molecule has 2 heterocycles. The predicted octanol–water partition coefficient (Wildman–Crippen LogP) is 3.46. The number of ether oxygens (including phenoxy) is 1. The van der Waals surface area contributed by atoms with E-state index in [2.05, 4.69) is 20.6 Å². The summed E-state index contributed by atoms with van der Waals surface area (Å²) in [6.07, 6.45) is 1.58. The summed E-state index contributed by atoms with van der Waals surface area (Å²) in [5, 5.41) is 8.16. The third-order valence-corrected chi connectivity index (χ3v) is 4.29. The number of hydrogen-bond acceptors (Lipinski definition) is 5. The molecule has 2 aromatic carbocycles. The molecular formula is C20H20N4O2. The van der Waals surface area contributed by atoms with Crippen molar-refractivity contribution in [3.05, 3.63) is 54.4 Å². The molecule has 1 aliphatic rings. The van der Waals surface area contributed by atoms with Gasteiger partial charge in [0.25, 0.3) is 0 Å². The van der Waals surface area contributed by atoms with Gasteiger partial charge in [0.15, 0.2) is 0 Å². The van der Waals surface area contributed by atoms with Crippen LogP contribution in [0, 0.1) is 0 Å². The molecule has 1 aromatic heterocycles. The molecule has 6 heteroatoms. The quantitative estimate of drug-likeness (QED) is 0.755. The van der Waals surface area contributed by atoms with Gasteiger partial charge in [-0.1, -0.05) is 36.4 Å². The molecule has 4 rings (SSSR count). The van der Waals surface area contributed by atoms with Crippen LogP contribution in [0.1, 0.15) is 25.5 Å². The van der Waals surface area contributed by atoms with Gasteiger partial charge in [-0.25, -0.2) is 9.97 Å². The van der Waals surface area contributed by atoms with E-state index in [4.69, 9.17) is 4.74 Å². The molecular weight excluding hydrogens is 328 g/mol. The van der Waals surface area contributed by atoms with Crippen molar-refractivity contribution in [2.24, 2.45) is 0 Å². The molecule has 0 aliphatic carbocycles. The number of anilines is 1. The number of nitrogens with one attached hydrogen (secondary N) is 2. The third-order valence-electron chi connectivity index (χ3n) is 4.29. The standard InChI is InChI=1S/C20H20N4O2/c1-12(2)23-20(25)15-10-21-19-18(15)24-17(11-22-19)26-16-9-5-7-13-6-3-4-8-14(13)16/h3-9,11-12,15H,10H2,1-2H3,(H,21,22)(H,23,25). The largest absolute Gasteiger partial charge is 0.437 e. The summed E-state index contributed by atoms with van der Waals surface area (Å²) in [6.45, 7) is 4.37. The molecule has 0 spiro atoms. The number of aromatic nitrogens is 2. The number of carbonyl (C=O) groups excluding carboxylic acids is 1. The number of benzene rings is 2. The Morgan fingerprint density at radius 1 is 1.23 bits per heavy atom. The van der Waals surface area contributed by atoms with Crippen molar-refractivity contribution in [1.29, 1.82) is 0 Å². The Morgan fingerprint density at radius 3 is 2.88 bits per heavy atom. The summed E-state index contributed by atoms with van der Waals surface area (Å²) in [6, 6.07) is 14.0. The average Bonchev–Trinajstić information content (AvgIpc) is 3.05. The van der Waals surface area contributed by atoms with Crippen molar-refractivity contribution in [3.63, 3.8) is 0 Å². The van der Waals surface area contributed by atoms with Crippen molar-refractivity contribution < 1.29 is 9.53 Å². The fraction of sp³-hybridized carbons (Fsp3) is 0.250. The Hall–Kier alpha value is -3.15.